The molecule has 0 aliphatic carbocycles. The molecule has 2 aromatic rings. The zero-order valence-corrected chi connectivity index (χ0v) is 17.4. The fourth-order valence-electron chi connectivity index (χ4n) is 1.84. The van der Waals surface area contributed by atoms with Crippen LogP contribution in [0, 0.1) is 0 Å². The third-order valence-electron chi connectivity index (χ3n) is 3.01. The zero-order chi connectivity index (χ0) is 16.9. The predicted octanol–water partition coefficient (Wildman–Crippen LogP) is 1.00. The normalized spacial score (nSPS) is 11.9. The zero-order valence-electron chi connectivity index (χ0n) is 13.4. The first-order valence-corrected chi connectivity index (χ1v) is 9.37. The smallest absolute Gasteiger partial charge is 0.247 e. The van der Waals surface area contributed by atoms with Crippen molar-refractivity contribution < 1.29 is 8.42 Å². The molecule has 0 aliphatic rings. The van der Waals surface area contributed by atoms with Crippen LogP contribution in [0.1, 0.15) is 17.5 Å². The fraction of sp³-hybridized carbons (Fsp3) is 0.385. The number of hydrogen-bond acceptors (Lipinski definition) is 5. The number of aliphatic imine (C=N–C) groups is 1. The maximum atomic E-state index is 11.3. The van der Waals surface area contributed by atoms with Crippen LogP contribution in [-0.4, -0.2) is 30.7 Å². The molecule has 4 N–H and O–H groups in total. The highest BCUT2D eigenvalue weighted by Gasteiger charge is 2.11. The molecule has 0 aromatic carbocycles. The maximum absolute atomic E-state index is 11.3. The number of aromatic nitrogens is 2. The third-order valence-corrected chi connectivity index (χ3v) is 5.54. The van der Waals surface area contributed by atoms with Gasteiger partial charge in [-0.15, -0.1) is 35.3 Å². The van der Waals surface area contributed by atoms with Crippen molar-refractivity contribution in [1.82, 2.24) is 20.4 Å². The minimum Gasteiger partial charge on any atom is -0.357 e. The molecule has 0 atom stereocenters. The standard InChI is InChI=1S/C13H20N6O2S2.HI/c1-3-15-13(16-8-10-6-7-18-19(10)2)17-9-11-4-5-12(22-11)23(14,20)21;/h4-7H,3,8-9H2,1-2H3,(H2,14,20,21)(H2,15,16,17);1H. The van der Waals surface area contributed by atoms with E-state index >= 15 is 0 Å². The molecule has 0 unspecified atom stereocenters. The van der Waals surface area contributed by atoms with E-state index in [1.54, 1.807) is 16.9 Å². The van der Waals surface area contributed by atoms with E-state index in [1.165, 1.54) is 6.07 Å². The first kappa shape index (κ1) is 20.9. The van der Waals surface area contributed by atoms with Crippen molar-refractivity contribution in [1.29, 1.82) is 0 Å². The van der Waals surface area contributed by atoms with Crippen molar-refractivity contribution in [2.24, 2.45) is 17.2 Å². The monoisotopic (exact) mass is 484 g/mol. The first-order chi connectivity index (χ1) is 10.9. The molecular formula is C13H21IN6O2S2. The maximum Gasteiger partial charge on any atom is 0.247 e. The summed E-state index contributed by atoms with van der Waals surface area (Å²) in [6.45, 7) is 3.67. The number of nitrogens with zero attached hydrogens (tertiary/aromatic N) is 3. The summed E-state index contributed by atoms with van der Waals surface area (Å²) in [4.78, 5) is 5.34. The molecule has 0 bridgehead atoms. The number of nitrogens with one attached hydrogen (secondary N) is 2. The molecule has 134 valence electrons. The molecule has 0 radical (unpaired) electrons. The van der Waals surface area contributed by atoms with Crippen molar-refractivity contribution in [3.05, 3.63) is 35.0 Å². The Morgan fingerprint density at radius 3 is 2.67 bits per heavy atom. The van der Waals surface area contributed by atoms with Gasteiger partial charge in [-0.2, -0.15) is 5.10 Å². The lowest BCUT2D eigenvalue weighted by Crippen LogP contribution is -2.36. The Kier molecular flexibility index (Phi) is 8.12. The van der Waals surface area contributed by atoms with Crippen LogP contribution < -0.4 is 15.8 Å². The van der Waals surface area contributed by atoms with E-state index in [0.29, 0.717) is 19.0 Å². The van der Waals surface area contributed by atoms with E-state index in [9.17, 15) is 8.42 Å². The second-order valence-electron chi connectivity index (χ2n) is 4.76. The van der Waals surface area contributed by atoms with Crippen LogP contribution in [0.4, 0.5) is 0 Å². The lowest BCUT2D eigenvalue weighted by Gasteiger charge is -2.10. The van der Waals surface area contributed by atoms with E-state index in [1.807, 2.05) is 20.0 Å². The van der Waals surface area contributed by atoms with Crippen LogP contribution >= 0.6 is 35.3 Å². The Hall–Kier alpha value is -1.18. The van der Waals surface area contributed by atoms with Crippen molar-refractivity contribution in [3.8, 4) is 0 Å². The number of rotatable bonds is 6. The molecule has 0 fully saturated rings. The number of halogens is 1. The lowest BCUT2D eigenvalue weighted by atomic mass is 10.4. The molecule has 24 heavy (non-hydrogen) atoms. The van der Waals surface area contributed by atoms with E-state index < -0.39 is 10.0 Å². The second kappa shape index (κ2) is 9.34. The van der Waals surface area contributed by atoms with Gasteiger partial charge in [0.1, 0.15) is 4.21 Å². The van der Waals surface area contributed by atoms with Crippen molar-refractivity contribution in [2.45, 2.75) is 24.2 Å². The van der Waals surface area contributed by atoms with Gasteiger partial charge in [0.25, 0.3) is 0 Å². The summed E-state index contributed by atoms with van der Waals surface area (Å²) >= 11 is 1.15. The van der Waals surface area contributed by atoms with Crippen LogP contribution in [0.2, 0.25) is 0 Å². The molecule has 0 spiro atoms. The highest BCUT2D eigenvalue weighted by atomic mass is 127. The summed E-state index contributed by atoms with van der Waals surface area (Å²) in [6.07, 6.45) is 1.73. The molecule has 0 saturated carbocycles. The van der Waals surface area contributed by atoms with Gasteiger partial charge < -0.3 is 10.6 Å². The highest BCUT2D eigenvalue weighted by Crippen LogP contribution is 2.19. The van der Waals surface area contributed by atoms with Gasteiger partial charge in [0, 0.05) is 24.7 Å². The SMILES string of the molecule is CCNC(=NCc1ccnn1C)NCc1ccc(S(N)(=O)=O)s1.I. The van der Waals surface area contributed by atoms with E-state index in [-0.39, 0.29) is 28.2 Å². The van der Waals surface area contributed by atoms with Crippen molar-refractivity contribution in [2.75, 3.05) is 6.54 Å². The van der Waals surface area contributed by atoms with Gasteiger partial charge in [-0.05, 0) is 25.1 Å². The van der Waals surface area contributed by atoms with Crippen LogP contribution in [0.15, 0.2) is 33.6 Å². The van der Waals surface area contributed by atoms with E-state index in [2.05, 4.69) is 20.7 Å². The Bertz CT molecular complexity index is 784. The summed E-state index contributed by atoms with van der Waals surface area (Å²) in [5.74, 6) is 0.652. The van der Waals surface area contributed by atoms with Gasteiger partial charge in [-0.25, -0.2) is 18.5 Å². The second-order valence-corrected chi connectivity index (χ2v) is 7.72. The Labute approximate surface area is 162 Å². The molecule has 0 amide bonds. The number of hydrogen-bond donors (Lipinski definition) is 3. The van der Waals surface area contributed by atoms with Crippen molar-refractivity contribution >= 4 is 51.3 Å². The number of thiophene rings is 1. The number of guanidine groups is 1. The van der Waals surface area contributed by atoms with Gasteiger partial charge in [0.2, 0.25) is 10.0 Å². The quantitative estimate of drug-likeness (QED) is 0.322. The van der Waals surface area contributed by atoms with Gasteiger partial charge in [0.05, 0.1) is 18.8 Å². The number of nitrogens with two attached hydrogens (primary N) is 1. The largest absolute Gasteiger partial charge is 0.357 e. The summed E-state index contributed by atoms with van der Waals surface area (Å²) in [7, 11) is -1.77. The Balaban J connectivity index is 0.00000288. The highest BCUT2D eigenvalue weighted by molar-refractivity contribution is 14.0. The molecule has 2 rings (SSSR count). The van der Waals surface area contributed by atoms with E-state index in [4.69, 9.17) is 5.14 Å². The van der Waals surface area contributed by atoms with Crippen LogP contribution in [0.3, 0.4) is 0 Å². The Morgan fingerprint density at radius 1 is 1.38 bits per heavy atom. The molecule has 0 aliphatic heterocycles. The summed E-state index contributed by atoms with van der Waals surface area (Å²) in [5.41, 5.74) is 0.995. The van der Waals surface area contributed by atoms with Crippen LogP contribution in [0.25, 0.3) is 0 Å². The summed E-state index contributed by atoms with van der Waals surface area (Å²) in [5, 5.41) is 15.5. The number of aryl methyl sites for hydroxylation is 1. The molecule has 11 heteroatoms. The fourth-order valence-corrected chi connectivity index (χ4v) is 3.55. The van der Waals surface area contributed by atoms with Crippen molar-refractivity contribution in [3.63, 3.8) is 0 Å². The van der Waals surface area contributed by atoms with Crippen LogP contribution in [-0.2, 0) is 30.2 Å². The number of sulfonamides is 1. The molecule has 0 saturated heterocycles. The summed E-state index contributed by atoms with van der Waals surface area (Å²) < 4.78 is 24.5. The minimum atomic E-state index is -3.64. The van der Waals surface area contributed by atoms with Gasteiger partial charge in [-0.3, -0.25) is 4.68 Å². The molecule has 2 aromatic heterocycles. The molecule has 2 heterocycles. The number of primary sulfonamides is 1. The average molecular weight is 484 g/mol. The third kappa shape index (κ3) is 6.03. The lowest BCUT2D eigenvalue weighted by molar-refractivity contribution is 0.600. The average Bonchev–Trinajstić information content (AvgIpc) is 3.10. The molecular weight excluding hydrogens is 463 g/mol. The predicted molar refractivity (Wildman–Crippen MR) is 106 cm³/mol. The van der Waals surface area contributed by atoms with Gasteiger partial charge >= 0.3 is 0 Å². The van der Waals surface area contributed by atoms with Crippen LogP contribution in [0.5, 0.6) is 0 Å². The summed E-state index contributed by atoms with van der Waals surface area (Å²) in [6, 6.07) is 5.16. The Morgan fingerprint density at radius 2 is 2.12 bits per heavy atom. The topological polar surface area (TPSA) is 114 Å². The van der Waals surface area contributed by atoms with E-state index in [0.717, 1.165) is 28.5 Å². The molecule has 8 nitrogen and oxygen atoms in total. The van der Waals surface area contributed by atoms with Gasteiger partial charge in [-0.1, -0.05) is 0 Å². The first-order valence-electron chi connectivity index (χ1n) is 7.00. The minimum absolute atomic E-state index is 0. The van der Waals surface area contributed by atoms with Gasteiger partial charge in [0.15, 0.2) is 5.96 Å².